The van der Waals surface area contributed by atoms with E-state index in [-0.39, 0.29) is 13.6 Å². The van der Waals surface area contributed by atoms with Crippen molar-refractivity contribution in [2.24, 2.45) is 0 Å². The van der Waals surface area contributed by atoms with Crippen molar-refractivity contribution in [3.8, 4) is 17.2 Å². The Morgan fingerprint density at radius 3 is 2.62 bits per heavy atom. The van der Waals surface area contributed by atoms with E-state index >= 15 is 0 Å². The quantitative estimate of drug-likeness (QED) is 0.464. The average molecular weight is 286 g/mol. The molecular weight excluding hydrogens is 272 g/mol. The SMILES string of the molecule is O=Cc1cc2c(cc1OCOCc1ccccc1)OCO2. The van der Waals surface area contributed by atoms with E-state index in [1.807, 2.05) is 30.3 Å². The zero-order chi connectivity index (χ0) is 14.5. The number of ether oxygens (including phenoxy) is 4. The molecule has 0 atom stereocenters. The molecule has 0 saturated heterocycles. The summed E-state index contributed by atoms with van der Waals surface area (Å²) < 4.78 is 21.4. The lowest BCUT2D eigenvalue weighted by molar-refractivity contribution is 0.00470. The van der Waals surface area contributed by atoms with Gasteiger partial charge in [0.1, 0.15) is 5.75 Å². The van der Waals surface area contributed by atoms with Gasteiger partial charge in [-0.1, -0.05) is 30.3 Å². The molecule has 0 bridgehead atoms. The summed E-state index contributed by atoms with van der Waals surface area (Å²) in [5, 5.41) is 0. The fraction of sp³-hybridized carbons (Fsp3) is 0.188. The van der Waals surface area contributed by atoms with Crippen molar-refractivity contribution in [3.63, 3.8) is 0 Å². The second-order valence-electron chi connectivity index (χ2n) is 4.46. The van der Waals surface area contributed by atoms with E-state index in [4.69, 9.17) is 18.9 Å². The van der Waals surface area contributed by atoms with Crippen LogP contribution in [0.15, 0.2) is 42.5 Å². The van der Waals surface area contributed by atoms with Crippen molar-refractivity contribution in [3.05, 3.63) is 53.6 Å². The Balaban J connectivity index is 1.59. The maximum Gasteiger partial charge on any atom is 0.231 e. The van der Waals surface area contributed by atoms with E-state index in [0.717, 1.165) is 5.56 Å². The van der Waals surface area contributed by atoms with Gasteiger partial charge in [-0.3, -0.25) is 4.79 Å². The van der Waals surface area contributed by atoms with Crippen LogP contribution in [-0.2, 0) is 11.3 Å². The van der Waals surface area contributed by atoms with Crippen LogP contribution in [-0.4, -0.2) is 19.9 Å². The van der Waals surface area contributed by atoms with Crippen LogP contribution in [0.4, 0.5) is 0 Å². The monoisotopic (exact) mass is 286 g/mol. The fourth-order valence-corrected chi connectivity index (χ4v) is 2.00. The van der Waals surface area contributed by atoms with Gasteiger partial charge in [0.15, 0.2) is 24.6 Å². The summed E-state index contributed by atoms with van der Waals surface area (Å²) in [5.41, 5.74) is 1.46. The zero-order valence-corrected chi connectivity index (χ0v) is 11.3. The van der Waals surface area contributed by atoms with Crippen molar-refractivity contribution >= 4 is 6.29 Å². The first-order chi connectivity index (χ1) is 10.4. The molecule has 0 saturated carbocycles. The number of rotatable bonds is 6. The van der Waals surface area contributed by atoms with Gasteiger partial charge in [-0.25, -0.2) is 0 Å². The van der Waals surface area contributed by atoms with E-state index in [1.165, 1.54) is 0 Å². The van der Waals surface area contributed by atoms with Gasteiger partial charge in [-0.05, 0) is 11.6 Å². The smallest absolute Gasteiger partial charge is 0.231 e. The summed E-state index contributed by atoms with van der Waals surface area (Å²) in [6, 6.07) is 13.0. The van der Waals surface area contributed by atoms with Gasteiger partial charge in [0.2, 0.25) is 6.79 Å². The third-order valence-electron chi connectivity index (χ3n) is 3.04. The Morgan fingerprint density at radius 2 is 1.86 bits per heavy atom. The van der Waals surface area contributed by atoms with Crippen molar-refractivity contribution in [1.82, 2.24) is 0 Å². The lowest BCUT2D eigenvalue weighted by atomic mass is 10.2. The highest BCUT2D eigenvalue weighted by atomic mass is 16.7. The number of aldehydes is 1. The van der Waals surface area contributed by atoms with Crippen LogP contribution in [0, 0.1) is 0 Å². The number of benzene rings is 2. The Labute approximate surface area is 122 Å². The van der Waals surface area contributed by atoms with E-state index in [2.05, 4.69) is 0 Å². The molecule has 1 aliphatic rings. The van der Waals surface area contributed by atoms with Gasteiger partial charge >= 0.3 is 0 Å². The second-order valence-corrected chi connectivity index (χ2v) is 4.46. The first-order valence-electron chi connectivity index (χ1n) is 6.50. The van der Waals surface area contributed by atoms with Crippen LogP contribution in [0.3, 0.4) is 0 Å². The highest BCUT2D eigenvalue weighted by Gasteiger charge is 2.17. The zero-order valence-electron chi connectivity index (χ0n) is 11.3. The minimum Gasteiger partial charge on any atom is -0.467 e. The molecule has 0 aromatic heterocycles. The summed E-state index contributed by atoms with van der Waals surface area (Å²) in [6.45, 7) is 0.652. The molecule has 0 amide bonds. The number of hydrogen-bond donors (Lipinski definition) is 0. The topological polar surface area (TPSA) is 54.0 Å². The molecule has 0 radical (unpaired) electrons. The first kappa shape index (κ1) is 13.5. The summed E-state index contributed by atoms with van der Waals surface area (Å²) in [6.07, 6.45) is 0.717. The highest BCUT2D eigenvalue weighted by molar-refractivity contribution is 5.81. The number of carbonyl (C=O) groups excluding carboxylic acids is 1. The van der Waals surface area contributed by atoms with Crippen molar-refractivity contribution in [1.29, 1.82) is 0 Å². The van der Waals surface area contributed by atoms with Crippen molar-refractivity contribution in [2.75, 3.05) is 13.6 Å². The molecule has 1 aliphatic heterocycles. The number of fused-ring (bicyclic) bond motifs is 1. The summed E-state index contributed by atoms with van der Waals surface area (Å²) in [7, 11) is 0. The molecule has 5 heteroatoms. The van der Waals surface area contributed by atoms with Crippen molar-refractivity contribution in [2.45, 2.75) is 6.61 Å². The third-order valence-corrected chi connectivity index (χ3v) is 3.04. The Hall–Kier alpha value is -2.53. The van der Waals surface area contributed by atoms with E-state index in [0.29, 0.717) is 35.7 Å². The minimum atomic E-state index is 0.0510. The standard InChI is InChI=1S/C16H14O5/c17-8-13-6-15-16(21-11-20-15)7-14(13)19-10-18-9-12-4-2-1-3-5-12/h1-8H,9-11H2. The highest BCUT2D eigenvalue weighted by Crippen LogP contribution is 2.37. The Bertz CT molecular complexity index is 624. The van der Waals surface area contributed by atoms with Crippen LogP contribution in [0.1, 0.15) is 15.9 Å². The average Bonchev–Trinajstić information content (AvgIpc) is 2.99. The van der Waals surface area contributed by atoms with Gasteiger partial charge in [0, 0.05) is 6.07 Å². The normalized spacial score (nSPS) is 12.2. The first-order valence-corrected chi connectivity index (χ1v) is 6.50. The summed E-state index contributed by atoms with van der Waals surface area (Å²) in [5.74, 6) is 1.54. The molecule has 0 fully saturated rings. The van der Waals surface area contributed by atoms with Crippen LogP contribution in [0.2, 0.25) is 0 Å². The molecule has 0 spiro atoms. The van der Waals surface area contributed by atoms with Crippen LogP contribution in [0.5, 0.6) is 17.2 Å². The van der Waals surface area contributed by atoms with Crippen LogP contribution in [0.25, 0.3) is 0 Å². The van der Waals surface area contributed by atoms with Crippen LogP contribution >= 0.6 is 0 Å². The third kappa shape index (κ3) is 3.14. The molecule has 1 heterocycles. The summed E-state index contributed by atoms with van der Waals surface area (Å²) in [4.78, 5) is 11.1. The molecule has 21 heavy (non-hydrogen) atoms. The van der Waals surface area contributed by atoms with Gasteiger partial charge < -0.3 is 18.9 Å². The molecule has 0 unspecified atom stereocenters. The maximum absolute atomic E-state index is 11.1. The lowest BCUT2D eigenvalue weighted by Crippen LogP contribution is -2.04. The molecule has 3 rings (SSSR count). The lowest BCUT2D eigenvalue weighted by Gasteiger charge is -2.10. The van der Waals surface area contributed by atoms with E-state index in [1.54, 1.807) is 12.1 Å². The summed E-state index contributed by atoms with van der Waals surface area (Å²) >= 11 is 0. The minimum absolute atomic E-state index is 0.0510. The van der Waals surface area contributed by atoms with Crippen LogP contribution < -0.4 is 14.2 Å². The number of hydrogen-bond acceptors (Lipinski definition) is 5. The second kappa shape index (κ2) is 6.28. The van der Waals surface area contributed by atoms with Gasteiger partial charge in [0.25, 0.3) is 0 Å². The van der Waals surface area contributed by atoms with E-state index in [9.17, 15) is 4.79 Å². The predicted molar refractivity (Wildman–Crippen MR) is 74.7 cm³/mol. The molecule has 0 N–H and O–H groups in total. The predicted octanol–water partition coefficient (Wildman–Crippen LogP) is 2.78. The van der Waals surface area contributed by atoms with E-state index < -0.39 is 0 Å². The molecule has 2 aromatic carbocycles. The van der Waals surface area contributed by atoms with Crippen molar-refractivity contribution < 1.29 is 23.7 Å². The van der Waals surface area contributed by atoms with Gasteiger partial charge in [-0.2, -0.15) is 0 Å². The Kier molecular flexibility index (Phi) is 4.02. The molecular formula is C16H14O5. The fourth-order valence-electron chi connectivity index (χ4n) is 2.00. The maximum atomic E-state index is 11.1. The molecule has 2 aromatic rings. The molecule has 0 aliphatic carbocycles. The van der Waals surface area contributed by atoms with Gasteiger partial charge in [-0.15, -0.1) is 0 Å². The molecule has 5 nitrogen and oxygen atoms in total. The molecule has 108 valence electrons. The van der Waals surface area contributed by atoms with Gasteiger partial charge in [0.05, 0.1) is 12.2 Å². The largest absolute Gasteiger partial charge is 0.467 e. The number of carbonyl (C=O) groups is 1. The Morgan fingerprint density at radius 1 is 1.10 bits per heavy atom.